The molecule has 0 aromatic heterocycles. The third-order valence-corrected chi connectivity index (χ3v) is 5.89. The number of nitrogens with one attached hydrogen (secondary N) is 2. The van der Waals surface area contributed by atoms with Crippen LogP contribution in [-0.2, 0) is 19.1 Å². The number of nitrogens with two attached hydrogens (primary N) is 1. The van der Waals surface area contributed by atoms with Crippen molar-refractivity contribution in [2.75, 3.05) is 6.54 Å². The molecule has 0 fully saturated rings. The molecule has 3 atom stereocenters. The molecule has 0 aliphatic carbocycles. The zero-order valence-electron chi connectivity index (χ0n) is 23.3. The van der Waals surface area contributed by atoms with E-state index < -0.39 is 35.6 Å². The third-order valence-electron chi connectivity index (χ3n) is 5.89. The standard InChI is InChI=1S/C28H44N4O5/c1-9-12-19(4)30-25(34)24(21-14-11-13-18(3)20(21)5)32(17-10-2)26(35)22(15-16-23(29)33)31-27(36)37-28(6,7)8/h10-11,13-14,19,22,24H,2,9,12,15-17H2,1,3-8H3,(H2,29,33)(H,30,34)(H,31,36). The maximum Gasteiger partial charge on any atom is 0.408 e. The highest BCUT2D eigenvalue weighted by atomic mass is 16.6. The average molecular weight is 517 g/mol. The second kappa shape index (κ2) is 14.4. The predicted molar refractivity (Wildman–Crippen MR) is 145 cm³/mol. The van der Waals surface area contributed by atoms with E-state index in [0.29, 0.717) is 5.56 Å². The van der Waals surface area contributed by atoms with Crippen molar-refractivity contribution >= 4 is 23.8 Å². The Labute approximate surface area is 221 Å². The highest BCUT2D eigenvalue weighted by Crippen LogP contribution is 2.28. The monoisotopic (exact) mass is 516 g/mol. The molecular weight excluding hydrogens is 472 g/mol. The Balaban J connectivity index is 3.54. The van der Waals surface area contributed by atoms with Gasteiger partial charge >= 0.3 is 6.09 Å². The van der Waals surface area contributed by atoms with Gasteiger partial charge in [-0.2, -0.15) is 0 Å². The Bertz CT molecular complexity index is 970. The molecule has 0 heterocycles. The molecule has 9 heteroatoms. The first-order valence-electron chi connectivity index (χ1n) is 12.8. The first-order valence-corrected chi connectivity index (χ1v) is 12.8. The molecule has 0 aliphatic heterocycles. The lowest BCUT2D eigenvalue weighted by molar-refractivity contribution is -0.142. The lowest BCUT2D eigenvalue weighted by Gasteiger charge is -2.35. The van der Waals surface area contributed by atoms with E-state index in [1.165, 1.54) is 11.0 Å². The maximum atomic E-state index is 13.9. The number of aryl methyl sites for hydroxylation is 1. The summed E-state index contributed by atoms with van der Waals surface area (Å²) in [4.78, 5) is 53.1. The second-order valence-electron chi connectivity index (χ2n) is 10.4. The van der Waals surface area contributed by atoms with Crippen LogP contribution in [0.2, 0.25) is 0 Å². The third kappa shape index (κ3) is 10.3. The van der Waals surface area contributed by atoms with Crippen molar-refractivity contribution in [1.29, 1.82) is 0 Å². The van der Waals surface area contributed by atoms with Gasteiger partial charge in [0.2, 0.25) is 17.7 Å². The van der Waals surface area contributed by atoms with E-state index in [4.69, 9.17) is 10.5 Å². The van der Waals surface area contributed by atoms with Gasteiger partial charge in [-0.1, -0.05) is 37.6 Å². The molecule has 4 amide bonds. The fourth-order valence-corrected chi connectivity index (χ4v) is 4.00. The first kappa shape index (κ1) is 31.7. The second-order valence-corrected chi connectivity index (χ2v) is 10.4. The number of ether oxygens (including phenoxy) is 1. The number of nitrogens with zero attached hydrogens (tertiary/aromatic N) is 1. The summed E-state index contributed by atoms with van der Waals surface area (Å²) in [6, 6.07) is 3.37. The van der Waals surface area contributed by atoms with Crippen LogP contribution in [0.4, 0.5) is 4.79 Å². The van der Waals surface area contributed by atoms with Crippen LogP contribution in [0, 0.1) is 13.8 Å². The largest absolute Gasteiger partial charge is 0.444 e. The molecular formula is C28H44N4O5. The van der Waals surface area contributed by atoms with Crippen LogP contribution in [0.5, 0.6) is 0 Å². The van der Waals surface area contributed by atoms with Crippen LogP contribution in [0.3, 0.4) is 0 Å². The zero-order chi connectivity index (χ0) is 28.3. The van der Waals surface area contributed by atoms with Crippen LogP contribution in [0.1, 0.15) is 83.0 Å². The highest BCUT2D eigenvalue weighted by molar-refractivity contribution is 5.93. The predicted octanol–water partition coefficient (Wildman–Crippen LogP) is 3.82. The Hall–Kier alpha value is -3.36. The van der Waals surface area contributed by atoms with Crippen LogP contribution in [0.25, 0.3) is 0 Å². The Morgan fingerprint density at radius 2 is 1.78 bits per heavy atom. The van der Waals surface area contributed by atoms with Gasteiger partial charge in [-0.15, -0.1) is 6.58 Å². The number of benzene rings is 1. The van der Waals surface area contributed by atoms with Crippen LogP contribution < -0.4 is 16.4 Å². The average Bonchev–Trinajstić information content (AvgIpc) is 2.77. The van der Waals surface area contributed by atoms with Crippen LogP contribution in [0.15, 0.2) is 30.9 Å². The molecule has 9 nitrogen and oxygen atoms in total. The molecule has 4 N–H and O–H groups in total. The maximum absolute atomic E-state index is 13.9. The lowest BCUT2D eigenvalue weighted by atomic mass is 9.94. The number of carbonyl (C=O) groups excluding carboxylic acids is 4. The van der Waals surface area contributed by atoms with Gasteiger partial charge in [0.1, 0.15) is 17.7 Å². The molecule has 0 saturated heterocycles. The van der Waals surface area contributed by atoms with Gasteiger partial charge < -0.3 is 26.0 Å². The van der Waals surface area contributed by atoms with Gasteiger partial charge in [0.05, 0.1) is 0 Å². The number of primary amides is 1. The molecule has 0 spiro atoms. The lowest BCUT2D eigenvalue weighted by Crippen LogP contribution is -2.54. The summed E-state index contributed by atoms with van der Waals surface area (Å²) in [5, 5.41) is 5.60. The summed E-state index contributed by atoms with van der Waals surface area (Å²) in [7, 11) is 0. The molecule has 0 saturated carbocycles. The quantitative estimate of drug-likeness (QED) is 0.343. The summed E-state index contributed by atoms with van der Waals surface area (Å²) in [6.07, 6.45) is 2.20. The summed E-state index contributed by atoms with van der Waals surface area (Å²) in [5.74, 6) is -1.50. The Morgan fingerprint density at radius 3 is 2.32 bits per heavy atom. The molecule has 0 aliphatic rings. The van der Waals surface area contributed by atoms with Crippen molar-refractivity contribution in [3.63, 3.8) is 0 Å². The number of hydrogen-bond donors (Lipinski definition) is 3. The number of carbonyl (C=O) groups is 4. The van der Waals surface area contributed by atoms with E-state index in [-0.39, 0.29) is 31.3 Å². The topological polar surface area (TPSA) is 131 Å². The highest BCUT2D eigenvalue weighted by Gasteiger charge is 2.37. The number of amides is 4. The zero-order valence-corrected chi connectivity index (χ0v) is 23.3. The molecule has 0 radical (unpaired) electrons. The van der Waals surface area contributed by atoms with Crippen LogP contribution in [-0.4, -0.2) is 52.9 Å². The Morgan fingerprint density at radius 1 is 1.14 bits per heavy atom. The summed E-state index contributed by atoms with van der Waals surface area (Å²) in [5.41, 5.74) is 7.06. The van der Waals surface area contributed by atoms with Gasteiger partial charge in [-0.3, -0.25) is 14.4 Å². The normalized spacial score (nSPS) is 13.6. The summed E-state index contributed by atoms with van der Waals surface area (Å²) < 4.78 is 5.34. The smallest absolute Gasteiger partial charge is 0.408 e. The van der Waals surface area contributed by atoms with Gasteiger partial charge in [0, 0.05) is 19.0 Å². The van der Waals surface area contributed by atoms with Crippen molar-refractivity contribution < 1.29 is 23.9 Å². The van der Waals surface area contributed by atoms with E-state index in [2.05, 4.69) is 17.2 Å². The van der Waals surface area contributed by atoms with Gasteiger partial charge in [-0.05, 0) is 71.1 Å². The number of rotatable bonds is 13. The van der Waals surface area contributed by atoms with E-state index in [1.807, 2.05) is 45.9 Å². The minimum Gasteiger partial charge on any atom is -0.444 e. The van der Waals surface area contributed by atoms with Crippen molar-refractivity contribution in [2.24, 2.45) is 5.73 Å². The van der Waals surface area contributed by atoms with Crippen molar-refractivity contribution in [2.45, 2.75) is 97.9 Å². The van der Waals surface area contributed by atoms with E-state index in [9.17, 15) is 19.2 Å². The molecule has 206 valence electrons. The fourth-order valence-electron chi connectivity index (χ4n) is 4.00. The van der Waals surface area contributed by atoms with Crippen molar-refractivity contribution in [1.82, 2.24) is 15.5 Å². The Kier molecular flexibility index (Phi) is 12.3. The number of hydrogen-bond acceptors (Lipinski definition) is 5. The van der Waals surface area contributed by atoms with Crippen molar-refractivity contribution in [3.8, 4) is 0 Å². The van der Waals surface area contributed by atoms with Gasteiger partial charge in [0.25, 0.3) is 0 Å². The fraction of sp³-hybridized carbons (Fsp3) is 0.571. The van der Waals surface area contributed by atoms with E-state index in [1.54, 1.807) is 20.8 Å². The molecule has 0 bridgehead atoms. The van der Waals surface area contributed by atoms with Crippen molar-refractivity contribution in [3.05, 3.63) is 47.5 Å². The van der Waals surface area contributed by atoms with Crippen LogP contribution >= 0.6 is 0 Å². The van der Waals surface area contributed by atoms with Gasteiger partial charge in [-0.25, -0.2) is 4.79 Å². The van der Waals surface area contributed by atoms with E-state index in [0.717, 1.165) is 24.0 Å². The molecule has 37 heavy (non-hydrogen) atoms. The SMILES string of the molecule is C=CCN(C(=O)C(CCC(N)=O)NC(=O)OC(C)(C)C)C(C(=O)NC(C)CCC)c1cccc(C)c1C. The first-order chi connectivity index (χ1) is 17.2. The molecule has 1 aromatic rings. The minimum atomic E-state index is -1.14. The molecule has 3 unspecified atom stereocenters. The number of alkyl carbamates (subject to hydrolysis) is 1. The summed E-state index contributed by atoms with van der Waals surface area (Å²) in [6.45, 7) is 16.7. The minimum absolute atomic E-state index is 0.0372. The molecule has 1 rings (SSSR count). The summed E-state index contributed by atoms with van der Waals surface area (Å²) >= 11 is 0. The van der Waals surface area contributed by atoms with Gasteiger partial charge in [0.15, 0.2) is 0 Å². The molecule has 1 aromatic carbocycles. The van der Waals surface area contributed by atoms with E-state index >= 15 is 0 Å².